The number of thioether (sulfide) groups is 1. The summed E-state index contributed by atoms with van der Waals surface area (Å²) in [5.41, 5.74) is 0. The molecular weight excluding hydrogens is 142 g/mol. The van der Waals surface area contributed by atoms with Crippen molar-refractivity contribution < 1.29 is 0 Å². The average molecular weight is 157 g/mol. The molecule has 1 aliphatic carbocycles. The lowest BCUT2D eigenvalue weighted by Gasteiger charge is -2.22. The topological polar surface area (TPSA) is 12.0 Å². The number of hydrogen-bond donors (Lipinski definition) is 1. The van der Waals surface area contributed by atoms with Crippen LogP contribution >= 0.6 is 11.8 Å². The first-order chi connectivity index (χ1) is 4.95. The molecule has 0 spiro atoms. The standard InChI is InChI=1S/C8H15NS/c1-2-8(6-10-5-1)9-7-3-4-7/h7-9H,1-6H2/t8-/m1/s1. The molecule has 0 radical (unpaired) electrons. The van der Waals surface area contributed by atoms with E-state index in [1.807, 2.05) is 0 Å². The molecule has 1 saturated carbocycles. The molecule has 0 amide bonds. The lowest BCUT2D eigenvalue weighted by molar-refractivity contribution is 0.505. The van der Waals surface area contributed by atoms with Crippen LogP contribution in [0.4, 0.5) is 0 Å². The molecular formula is C8H15NS. The Morgan fingerprint density at radius 2 is 2.00 bits per heavy atom. The van der Waals surface area contributed by atoms with E-state index in [9.17, 15) is 0 Å². The second-order valence-electron chi connectivity index (χ2n) is 3.36. The zero-order chi connectivity index (χ0) is 6.81. The van der Waals surface area contributed by atoms with Crippen molar-refractivity contribution in [3.8, 4) is 0 Å². The van der Waals surface area contributed by atoms with Gasteiger partial charge in [-0.25, -0.2) is 0 Å². The third-order valence-electron chi connectivity index (χ3n) is 2.21. The maximum absolute atomic E-state index is 3.67. The van der Waals surface area contributed by atoms with Gasteiger partial charge < -0.3 is 5.32 Å². The van der Waals surface area contributed by atoms with Crippen molar-refractivity contribution in [2.24, 2.45) is 0 Å². The maximum atomic E-state index is 3.67. The molecule has 0 aromatic carbocycles. The quantitative estimate of drug-likeness (QED) is 0.654. The van der Waals surface area contributed by atoms with E-state index in [1.54, 1.807) is 0 Å². The van der Waals surface area contributed by atoms with Gasteiger partial charge in [0.1, 0.15) is 0 Å². The molecule has 0 bridgehead atoms. The Kier molecular flexibility index (Phi) is 2.19. The van der Waals surface area contributed by atoms with Crippen LogP contribution in [0.2, 0.25) is 0 Å². The van der Waals surface area contributed by atoms with Crippen molar-refractivity contribution in [3.05, 3.63) is 0 Å². The summed E-state index contributed by atoms with van der Waals surface area (Å²) in [6, 6.07) is 1.76. The Hall–Kier alpha value is 0.310. The van der Waals surface area contributed by atoms with Gasteiger partial charge >= 0.3 is 0 Å². The first-order valence-corrected chi connectivity index (χ1v) is 5.44. The summed E-state index contributed by atoms with van der Waals surface area (Å²) in [7, 11) is 0. The second-order valence-corrected chi connectivity index (χ2v) is 4.50. The van der Waals surface area contributed by atoms with Gasteiger partial charge in [0.15, 0.2) is 0 Å². The smallest absolute Gasteiger partial charge is 0.0161 e. The zero-order valence-corrected chi connectivity index (χ0v) is 7.12. The van der Waals surface area contributed by atoms with Gasteiger partial charge in [-0.3, -0.25) is 0 Å². The summed E-state index contributed by atoms with van der Waals surface area (Å²) in [6.07, 6.45) is 5.71. The third kappa shape index (κ3) is 1.89. The minimum absolute atomic E-state index is 0.853. The number of nitrogens with one attached hydrogen (secondary N) is 1. The molecule has 1 atom stereocenters. The lowest BCUT2D eigenvalue weighted by atomic mass is 10.2. The first kappa shape index (κ1) is 6.99. The summed E-state index contributed by atoms with van der Waals surface area (Å²) in [6.45, 7) is 0. The molecule has 2 rings (SSSR count). The molecule has 0 aromatic heterocycles. The van der Waals surface area contributed by atoms with Crippen LogP contribution in [0, 0.1) is 0 Å². The van der Waals surface area contributed by atoms with Crippen LogP contribution in [0.1, 0.15) is 25.7 Å². The molecule has 2 fully saturated rings. The highest BCUT2D eigenvalue weighted by atomic mass is 32.2. The largest absolute Gasteiger partial charge is 0.310 e. The molecule has 2 heteroatoms. The Balaban J connectivity index is 1.69. The van der Waals surface area contributed by atoms with Gasteiger partial charge in [-0.15, -0.1) is 0 Å². The molecule has 2 aliphatic rings. The van der Waals surface area contributed by atoms with Gasteiger partial charge in [0.25, 0.3) is 0 Å². The first-order valence-electron chi connectivity index (χ1n) is 4.29. The Morgan fingerprint density at radius 3 is 2.60 bits per heavy atom. The van der Waals surface area contributed by atoms with Crippen molar-refractivity contribution in [2.75, 3.05) is 11.5 Å². The fourth-order valence-electron chi connectivity index (χ4n) is 1.46. The SMILES string of the molecule is C1CSC[C@H](NC2CC2)C1. The Labute approximate surface area is 67.0 Å². The monoisotopic (exact) mass is 157 g/mol. The minimum Gasteiger partial charge on any atom is -0.310 e. The van der Waals surface area contributed by atoms with Crippen molar-refractivity contribution in [1.82, 2.24) is 5.32 Å². The molecule has 1 N–H and O–H groups in total. The van der Waals surface area contributed by atoms with Crippen LogP contribution < -0.4 is 5.32 Å². The normalized spacial score (nSPS) is 34.2. The Bertz CT molecular complexity index is 106. The van der Waals surface area contributed by atoms with E-state index in [0.717, 1.165) is 12.1 Å². The van der Waals surface area contributed by atoms with Crippen LogP contribution in [0.15, 0.2) is 0 Å². The summed E-state index contributed by atoms with van der Waals surface area (Å²) < 4.78 is 0. The van der Waals surface area contributed by atoms with Crippen LogP contribution in [-0.4, -0.2) is 23.6 Å². The van der Waals surface area contributed by atoms with Gasteiger partial charge in [0, 0.05) is 17.8 Å². The summed E-state index contributed by atoms with van der Waals surface area (Å²) in [4.78, 5) is 0. The second kappa shape index (κ2) is 3.14. The van der Waals surface area contributed by atoms with E-state index in [0.29, 0.717) is 0 Å². The number of hydrogen-bond acceptors (Lipinski definition) is 2. The number of rotatable bonds is 2. The Morgan fingerprint density at radius 1 is 1.10 bits per heavy atom. The average Bonchev–Trinajstić information content (AvgIpc) is 2.74. The van der Waals surface area contributed by atoms with Crippen molar-refractivity contribution >= 4 is 11.8 Å². The molecule has 58 valence electrons. The van der Waals surface area contributed by atoms with Crippen LogP contribution in [0.5, 0.6) is 0 Å². The van der Waals surface area contributed by atoms with E-state index in [4.69, 9.17) is 0 Å². The van der Waals surface area contributed by atoms with Crippen molar-refractivity contribution in [2.45, 2.75) is 37.8 Å². The molecule has 1 heterocycles. The van der Waals surface area contributed by atoms with Gasteiger partial charge in [-0.1, -0.05) is 0 Å². The molecule has 0 aromatic rings. The zero-order valence-electron chi connectivity index (χ0n) is 6.31. The highest BCUT2D eigenvalue weighted by Crippen LogP contribution is 2.23. The lowest BCUT2D eigenvalue weighted by Crippen LogP contribution is -2.35. The van der Waals surface area contributed by atoms with E-state index in [1.165, 1.54) is 37.2 Å². The highest BCUT2D eigenvalue weighted by molar-refractivity contribution is 7.99. The van der Waals surface area contributed by atoms with E-state index < -0.39 is 0 Å². The third-order valence-corrected chi connectivity index (χ3v) is 3.42. The van der Waals surface area contributed by atoms with Gasteiger partial charge in [0.05, 0.1) is 0 Å². The fraction of sp³-hybridized carbons (Fsp3) is 1.00. The van der Waals surface area contributed by atoms with Gasteiger partial charge in [-0.2, -0.15) is 11.8 Å². The van der Waals surface area contributed by atoms with E-state index in [-0.39, 0.29) is 0 Å². The van der Waals surface area contributed by atoms with Gasteiger partial charge in [0.2, 0.25) is 0 Å². The molecule has 1 aliphatic heterocycles. The van der Waals surface area contributed by atoms with Crippen molar-refractivity contribution in [1.29, 1.82) is 0 Å². The van der Waals surface area contributed by atoms with Crippen LogP contribution in [0.25, 0.3) is 0 Å². The molecule has 1 saturated heterocycles. The predicted molar refractivity (Wildman–Crippen MR) is 46.5 cm³/mol. The van der Waals surface area contributed by atoms with Crippen LogP contribution in [-0.2, 0) is 0 Å². The summed E-state index contributed by atoms with van der Waals surface area (Å²) in [5.74, 6) is 2.75. The molecule has 0 unspecified atom stereocenters. The maximum Gasteiger partial charge on any atom is 0.0161 e. The summed E-state index contributed by atoms with van der Waals surface area (Å²) in [5, 5.41) is 3.67. The highest BCUT2D eigenvalue weighted by Gasteiger charge is 2.25. The van der Waals surface area contributed by atoms with Crippen LogP contribution in [0.3, 0.4) is 0 Å². The predicted octanol–water partition coefficient (Wildman–Crippen LogP) is 1.63. The summed E-state index contributed by atoms with van der Waals surface area (Å²) >= 11 is 2.11. The minimum atomic E-state index is 0.853. The van der Waals surface area contributed by atoms with Gasteiger partial charge in [-0.05, 0) is 31.4 Å². The molecule has 1 nitrogen and oxygen atoms in total. The fourth-order valence-corrected chi connectivity index (χ4v) is 2.54. The van der Waals surface area contributed by atoms with E-state index in [2.05, 4.69) is 17.1 Å². The molecule has 10 heavy (non-hydrogen) atoms. The van der Waals surface area contributed by atoms with E-state index >= 15 is 0 Å². The van der Waals surface area contributed by atoms with Crippen molar-refractivity contribution in [3.63, 3.8) is 0 Å².